The summed E-state index contributed by atoms with van der Waals surface area (Å²) < 4.78 is 50.9. The van der Waals surface area contributed by atoms with Crippen molar-refractivity contribution in [1.82, 2.24) is 4.72 Å². The average molecular weight is 491 g/mol. The molecule has 4 rings (SSSR count). The molecule has 2 atom stereocenters. The Hall–Kier alpha value is -2.16. The molecule has 1 saturated heterocycles. The lowest BCUT2D eigenvalue weighted by atomic mass is 9.83. The summed E-state index contributed by atoms with van der Waals surface area (Å²) in [5, 5.41) is 0. The fraction of sp³-hybridized carbons (Fsp3) is 0.538. The number of alkyl halides is 1. The lowest BCUT2D eigenvalue weighted by molar-refractivity contribution is 0.0157. The summed E-state index contributed by atoms with van der Waals surface area (Å²) in [5.74, 6) is 1.20. The van der Waals surface area contributed by atoms with Crippen LogP contribution in [0.25, 0.3) is 0 Å². The van der Waals surface area contributed by atoms with Crippen molar-refractivity contribution >= 4 is 15.7 Å². The third-order valence-corrected chi connectivity index (χ3v) is 7.60. The lowest BCUT2D eigenvalue weighted by Crippen LogP contribution is -2.48. The maximum absolute atomic E-state index is 12.4. The van der Waals surface area contributed by atoms with Gasteiger partial charge in [-0.3, -0.25) is 0 Å². The van der Waals surface area contributed by atoms with E-state index in [-0.39, 0.29) is 24.8 Å². The summed E-state index contributed by atoms with van der Waals surface area (Å²) >= 11 is 0. The summed E-state index contributed by atoms with van der Waals surface area (Å²) in [4.78, 5) is 2.21. The minimum Gasteiger partial charge on any atom is -0.491 e. The first kappa shape index (κ1) is 24.9. The first-order valence-corrected chi connectivity index (χ1v) is 14.0. The molecule has 186 valence electrons. The topological polar surface area (TPSA) is 67.9 Å². The minimum atomic E-state index is -3.33. The molecule has 2 aliphatic rings. The van der Waals surface area contributed by atoms with E-state index in [4.69, 9.17) is 9.47 Å². The molecule has 0 aromatic heterocycles. The van der Waals surface area contributed by atoms with Gasteiger partial charge in [-0.05, 0) is 67.9 Å². The zero-order valence-electron chi connectivity index (χ0n) is 19.7. The number of benzene rings is 2. The van der Waals surface area contributed by atoms with E-state index in [9.17, 15) is 12.8 Å². The minimum absolute atomic E-state index is 0.0341. The Kier molecular flexibility index (Phi) is 8.45. The highest BCUT2D eigenvalue weighted by Crippen LogP contribution is 2.35. The molecule has 2 aromatic carbocycles. The number of hydrogen-bond donors (Lipinski definition) is 1. The van der Waals surface area contributed by atoms with E-state index >= 15 is 0 Å². The summed E-state index contributed by atoms with van der Waals surface area (Å²) in [6.07, 6.45) is 6.34. The SMILES string of the molecule is CS(=O)(=O)N[C@H]1CCN(c2ccc(OCCF)cc2)[C@H]1CO[C@H]1CC[C@@H](c2ccccc2)CC1. The summed E-state index contributed by atoms with van der Waals surface area (Å²) in [7, 11) is -3.33. The van der Waals surface area contributed by atoms with Crippen molar-refractivity contribution in [2.45, 2.75) is 56.2 Å². The van der Waals surface area contributed by atoms with Crippen LogP contribution in [0.3, 0.4) is 0 Å². The van der Waals surface area contributed by atoms with Crippen molar-refractivity contribution in [2.75, 3.05) is 37.6 Å². The molecule has 1 saturated carbocycles. The van der Waals surface area contributed by atoms with Crippen molar-refractivity contribution in [2.24, 2.45) is 0 Å². The van der Waals surface area contributed by atoms with Crippen LogP contribution >= 0.6 is 0 Å². The molecule has 8 heteroatoms. The van der Waals surface area contributed by atoms with Gasteiger partial charge in [0.1, 0.15) is 19.0 Å². The van der Waals surface area contributed by atoms with E-state index in [1.807, 2.05) is 24.3 Å². The van der Waals surface area contributed by atoms with Crippen molar-refractivity contribution in [3.8, 4) is 5.75 Å². The van der Waals surface area contributed by atoms with Gasteiger partial charge in [-0.25, -0.2) is 17.5 Å². The van der Waals surface area contributed by atoms with Gasteiger partial charge in [0.2, 0.25) is 10.0 Å². The summed E-state index contributed by atoms with van der Waals surface area (Å²) in [6, 6.07) is 17.9. The van der Waals surface area contributed by atoms with Gasteiger partial charge in [0, 0.05) is 18.3 Å². The summed E-state index contributed by atoms with van der Waals surface area (Å²) in [5.41, 5.74) is 2.38. The molecule has 2 fully saturated rings. The van der Waals surface area contributed by atoms with E-state index in [1.165, 1.54) is 11.8 Å². The fourth-order valence-corrected chi connectivity index (χ4v) is 6.03. The van der Waals surface area contributed by atoms with Crippen molar-refractivity contribution in [3.63, 3.8) is 0 Å². The van der Waals surface area contributed by atoms with Crippen LogP contribution < -0.4 is 14.4 Å². The average Bonchev–Trinajstić information content (AvgIpc) is 3.23. The van der Waals surface area contributed by atoms with Gasteiger partial charge >= 0.3 is 0 Å². The van der Waals surface area contributed by atoms with Crippen molar-refractivity contribution in [1.29, 1.82) is 0 Å². The number of halogens is 1. The Balaban J connectivity index is 1.38. The molecule has 1 N–H and O–H groups in total. The van der Waals surface area contributed by atoms with Crippen LogP contribution in [0.1, 0.15) is 43.6 Å². The molecule has 2 aromatic rings. The molecule has 1 aliphatic heterocycles. The largest absolute Gasteiger partial charge is 0.491 e. The fourth-order valence-electron chi connectivity index (χ4n) is 5.21. The standard InChI is InChI=1S/C26H35FN2O4S/c1-34(30,31)28-25-15-17-29(22-9-13-23(14-10-22)32-18-16-27)26(25)19-33-24-11-7-21(8-12-24)20-5-3-2-4-6-20/h2-6,9-10,13-14,21,24-26,28H,7-8,11-12,15-19H2,1H3/t21-,24+,25-,26-/m0/s1. The van der Waals surface area contributed by atoms with E-state index < -0.39 is 16.7 Å². The van der Waals surface area contributed by atoms with Crippen LogP contribution in [0.15, 0.2) is 54.6 Å². The van der Waals surface area contributed by atoms with Crippen molar-refractivity contribution < 1.29 is 22.3 Å². The molecular formula is C26H35FN2O4S. The Bertz CT molecular complexity index is 995. The second-order valence-corrected chi connectivity index (χ2v) is 11.1. The number of nitrogens with zero attached hydrogens (tertiary/aromatic N) is 1. The van der Waals surface area contributed by atoms with Gasteiger partial charge in [-0.15, -0.1) is 0 Å². The van der Waals surface area contributed by atoms with Crippen LogP contribution in [0, 0.1) is 0 Å². The maximum Gasteiger partial charge on any atom is 0.209 e. The number of hydrogen-bond acceptors (Lipinski definition) is 5. The smallest absolute Gasteiger partial charge is 0.209 e. The Labute approximate surface area is 202 Å². The zero-order chi connectivity index (χ0) is 24.0. The molecular weight excluding hydrogens is 455 g/mol. The molecule has 0 amide bonds. The Morgan fingerprint density at radius 3 is 2.35 bits per heavy atom. The predicted molar refractivity (Wildman–Crippen MR) is 133 cm³/mol. The molecule has 0 spiro atoms. The van der Waals surface area contributed by atoms with Gasteiger partial charge in [0.15, 0.2) is 0 Å². The summed E-state index contributed by atoms with van der Waals surface area (Å²) in [6.45, 7) is 0.701. The van der Waals surface area contributed by atoms with Gasteiger partial charge < -0.3 is 14.4 Å². The van der Waals surface area contributed by atoms with Crippen LogP contribution in [-0.2, 0) is 14.8 Å². The number of nitrogens with one attached hydrogen (secondary N) is 1. The second-order valence-electron chi connectivity index (χ2n) is 9.29. The number of ether oxygens (including phenoxy) is 2. The predicted octanol–water partition coefficient (Wildman–Crippen LogP) is 4.27. The van der Waals surface area contributed by atoms with E-state index in [1.54, 1.807) is 0 Å². The highest BCUT2D eigenvalue weighted by molar-refractivity contribution is 7.88. The molecule has 6 nitrogen and oxygen atoms in total. The van der Waals surface area contributed by atoms with Gasteiger partial charge in [0.25, 0.3) is 0 Å². The molecule has 1 aliphatic carbocycles. The van der Waals surface area contributed by atoms with Crippen LogP contribution in [-0.4, -0.2) is 59.3 Å². The molecule has 1 heterocycles. The third kappa shape index (κ3) is 6.71. The van der Waals surface area contributed by atoms with Crippen molar-refractivity contribution in [3.05, 3.63) is 60.2 Å². The Morgan fingerprint density at radius 2 is 1.71 bits per heavy atom. The first-order valence-electron chi connectivity index (χ1n) is 12.1. The molecule has 0 bridgehead atoms. The van der Waals surface area contributed by atoms with E-state index in [0.29, 0.717) is 24.7 Å². The molecule has 0 radical (unpaired) electrons. The van der Waals surface area contributed by atoms with Gasteiger partial charge in [0.05, 0.1) is 25.0 Å². The first-order chi connectivity index (χ1) is 16.4. The number of sulfonamides is 1. The van der Waals surface area contributed by atoms with E-state index in [2.05, 4.69) is 40.0 Å². The monoisotopic (exact) mass is 490 g/mol. The number of rotatable bonds is 10. The third-order valence-electron chi connectivity index (χ3n) is 6.87. The normalized spacial score (nSPS) is 25.4. The number of anilines is 1. The maximum atomic E-state index is 12.4. The highest BCUT2D eigenvalue weighted by atomic mass is 32.2. The highest BCUT2D eigenvalue weighted by Gasteiger charge is 2.37. The van der Waals surface area contributed by atoms with Gasteiger partial charge in [-0.1, -0.05) is 30.3 Å². The quantitative estimate of drug-likeness (QED) is 0.539. The lowest BCUT2D eigenvalue weighted by Gasteiger charge is -2.33. The van der Waals surface area contributed by atoms with E-state index in [0.717, 1.165) is 37.9 Å². The Morgan fingerprint density at radius 1 is 1.00 bits per heavy atom. The molecule has 0 unspecified atom stereocenters. The molecule has 34 heavy (non-hydrogen) atoms. The second kappa shape index (κ2) is 11.5. The zero-order valence-corrected chi connectivity index (χ0v) is 20.6. The van der Waals surface area contributed by atoms with Gasteiger partial charge in [-0.2, -0.15) is 0 Å². The van der Waals surface area contributed by atoms with Crippen LogP contribution in [0.4, 0.5) is 10.1 Å². The van der Waals surface area contributed by atoms with Crippen LogP contribution in [0.5, 0.6) is 5.75 Å². The van der Waals surface area contributed by atoms with Crippen LogP contribution in [0.2, 0.25) is 0 Å².